The molecule has 1 atom stereocenters. The minimum absolute atomic E-state index is 0.154. The van der Waals surface area contributed by atoms with E-state index >= 15 is 0 Å². The lowest BCUT2D eigenvalue weighted by Gasteiger charge is -2.21. The number of hydrogen-bond donors (Lipinski definition) is 3. The van der Waals surface area contributed by atoms with Gasteiger partial charge in [-0.2, -0.15) is 0 Å². The number of aliphatic carboxylic acids is 1. The molecule has 94 valence electrons. The fraction of sp³-hybridized carbons (Fsp3) is 0.778. The Morgan fingerprint density at radius 3 is 2.44 bits per heavy atom. The second kappa shape index (κ2) is 7.89. The molecular formula is C9H18N2O5. The standard InChI is InChI=1S/C9H18N2O5/c1-6(2)7(4-15-3)10-9(14)11-16-5-8(12)13/h6-7H,4-5H2,1-3H3,(H,12,13)(H2,10,11,14). The number of carboxylic acids is 1. The second-order valence-corrected chi connectivity index (χ2v) is 3.56. The lowest BCUT2D eigenvalue weighted by atomic mass is 10.1. The highest BCUT2D eigenvalue weighted by atomic mass is 16.7. The minimum Gasteiger partial charge on any atom is -0.479 e. The van der Waals surface area contributed by atoms with Crippen LogP contribution in [-0.2, 0) is 14.4 Å². The summed E-state index contributed by atoms with van der Waals surface area (Å²) in [6.45, 7) is 3.66. The Balaban J connectivity index is 3.86. The van der Waals surface area contributed by atoms with Crippen LogP contribution in [0, 0.1) is 5.92 Å². The maximum Gasteiger partial charge on any atom is 0.339 e. The maximum absolute atomic E-state index is 11.2. The number of methoxy groups -OCH3 is 1. The molecule has 0 aromatic heterocycles. The van der Waals surface area contributed by atoms with Crippen LogP contribution in [-0.4, -0.2) is 43.5 Å². The normalized spacial score (nSPS) is 12.2. The molecular weight excluding hydrogens is 216 g/mol. The maximum atomic E-state index is 11.2. The molecule has 16 heavy (non-hydrogen) atoms. The molecule has 0 radical (unpaired) electrons. The van der Waals surface area contributed by atoms with Gasteiger partial charge in [0, 0.05) is 7.11 Å². The summed E-state index contributed by atoms with van der Waals surface area (Å²) in [5.74, 6) is -0.956. The Morgan fingerprint density at radius 1 is 1.38 bits per heavy atom. The molecule has 0 aliphatic carbocycles. The summed E-state index contributed by atoms with van der Waals surface area (Å²) in [4.78, 5) is 25.7. The first-order valence-corrected chi connectivity index (χ1v) is 4.86. The molecule has 0 aromatic rings. The van der Waals surface area contributed by atoms with E-state index in [2.05, 4.69) is 10.2 Å². The van der Waals surface area contributed by atoms with Crippen LogP contribution in [0.2, 0.25) is 0 Å². The van der Waals surface area contributed by atoms with E-state index in [0.29, 0.717) is 6.61 Å². The predicted octanol–water partition coefficient (Wildman–Crippen LogP) is -0.0272. The monoisotopic (exact) mass is 234 g/mol. The predicted molar refractivity (Wildman–Crippen MR) is 55.8 cm³/mol. The summed E-state index contributed by atoms with van der Waals surface area (Å²) in [7, 11) is 1.54. The third kappa shape index (κ3) is 7.02. The number of hydrogen-bond acceptors (Lipinski definition) is 4. The molecule has 2 amide bonds. The summed E-state index contributed by atoms with van der Waals surface area (Å²) in [6.07, 6.45) is 0. The highest BCUT2D eigenvalue weighted by molar-refractivity contribution is 5.73. The van der Waals surface area contributed by atoms with Crippen LogP contribution in [0.3, 0.4) is 0 Å². The first kappa shape index (κ1) is 14.7. The van der Waals surface area contributed by atoms with Gasteiger partial charge in [-0.25, -0.2) is 15.1 Å². The molecule has 7 nitrogen and oxygen atoms in total. The van der Waals surface area contributed by atoms with Gasteiger partial charge >= 0.3 is 12.0 Å². The largest absolute Gasteiger partial charge is 0.479 e. The zero-order valence-electron chi connectivity index (χ0n) is 9.65. The van der Waals surface area contributed by atoms with E-state index in [-0.39, 0.29) is 12.0 Å². The fourth-order valence-corrected chi connectivity index (χ4v) is 0.942. The van der Waals surface area contributed by atoms with Crippen LogP contribution >= 0.6 is 0 Å². The molecule has 0 heterocycles. The summed E-state index contributed by atoms with van der Waals surface area (Å²) in [6, 6.07) is -0.740. The van der Waals surface area contributed by atoms with Crippen molar-refractivity contribution in [3.8, 4) is 0 Å². The molecule has 0 spiro atoms. The zero-order valence-corrected chi connectivity index (χ0v) is 9.65. The Bertz CT molecular complexity index is 232. The van der Waals surface area contributed by atoms with Crippen molar-refractivity contribution >= 4 is 12.0 Å². The lowest BCUT2D eigenvalue weighted by Crippen LogP contribution is -2.46. The average Bonchev–Trinajstić information content (AvgIpc) is 2.16. The van der Waals surface area contributed by atoms with Gasteiger partial charge in [-0.15, -0.1) is 0 Å². The van der Waals surface area contributed by atoms with Gasteiger partial charge in [-0.1, -0.05) is 13.8 Å². The molecule has 0 saturated carbocycles. The van der Waals surface area contributed by atoms with Gasteiger partial charge in [-0.05, 0) is 5.92 Å². The first-order chi connectivity index (χ1) is 7.47. The zero-order chi connectivity index (χ0) is 12.6. The summed E-state index contributed by atoms with van der Waals surface area (Å²) >= 11 is 0. The molecule has 0 rings (SSSR count). The summed E-state index contributed by atoms with van der Waals surface area (Å²) < 4.78 is 4.93. The molecule has 0 aliphatic heterocycles. The number of urea groups is 1. The SMILES string of the molecule is COCC(NC(=O)NOCC(=O)O)C(C)C. The quantitative estimate of drug-likeness (QED) is 0.537. The van der Waals surface area contributed by atoms with Crippen molar-refractivity contribution in [3.63, 3.8) is 0 Å². The Morgan fingerprint density at radius 2 is 2.00 bits per heavy atom. The molecule has 0 fully saturated rings. The van der Waals surface area contributed by atoms with E-state index in [1.54, 1.807) is 0 Å². The third-order valence-electron chi connectivity index (χ3n) is 1.83. The van der Waals surface area contributed by atoms with Gasteiger partial charge in [0.25, 0.3) is 0 Å². The number of amides is 2. The van der Waals surface area contributed by atoms with Crippen molar-refractivity contribution < 1.29 is 24.3 Å². The van der Waals surface area contributed by atoms with E-state index in [1.807, 2.05) is 19.3 Å². The lowest BCUT2D eigenvalue weighted by molar-refractivity contribution is -0.144. The summed E-state index contributed by atoms with van der Waals surface area (Å²) in [5.41, 5.74) is 1.97. The summed E-state index contributed by atoms with van der Waals surface area (Å²) in [5, 5.41) is 10.9. The van der Waals surface area contributed by atoms with Crippen LogP contribution in [0.25, 0.3) is 0 Å². The fourth-order valence-electron chi connectivity index (χ4n) is 0.942. The Kier molecular flexibility index (Phi) is 7.23. The highest BCUT2D eigenvalue weighted by Crippen LogP contribution is 2.01. The molecule has 0 aromatic carbocycles. The van der Waals surface area contributed by atoms with Crippen LogP contribution in [0.1, 0.15) is 13.8 Å². The van der Waals surface area contributed by atoms with Crippen LogP contribution in [0.15, 0.2) is 0 Å². The number of hydroxylamine groups is 1. The Hall–Kier alpha value is -1.34. The number of rotatable bonds is 7. The molecule has 0 bridgehead atoms. The van der Waals surface area contributed by atoms with E-state index in [9.17, 15) is 9.59 Å². The number of carboxylic acid groups (broad SMARTS) is 1. The molecule has 1 unspecified atom stereocenters. The second-order valence-electron chi connectivity index (χ2n) is 3.56. The third-order valence-corrected chi connectivity index (χ3v) is 1.83. The molecule has 0 aliphatic rings. The molecule has 7 heteroatoms. The first-order valence-electron chi connectivity index (χ1n) is 4.86. The smallest absolute Gasteiger partial charge is 0.339 e. The molecule has 3 N–H and O–H groups in total. The van der Waals surface area contributed by atoms with Crippen LogP contribution < -0.4 is 10.8 Å². The van der Waals surface area contributed by atoms with E-state index in [4.69, 9.17) is 9.84 Å². The number of nitrogens with one attached hydrogen (secondary N) is 2. The topological polar surface area (TPSA) is 96.9 Å². The Labute approximate surface area is 94.1 Å². The van der Waals surface area contributed by atoms with Crippen molar-refractivity contribution in [3.05, 3.63) is 0 Å². The van der Waals surface area contributed by atoms with Crippen LogP contribution in [0.5, 0.6) is 0 Å². The van der Waals surface area contributed by atoms with Gasteiger partial charge in [0.15, 0.2) is 6.61 Å². The van der Waals surface area contributed by atoms with Gasteiger partial charge in [0.1, 0.15) is 0 Å². The number of carbonyl (C=O) groups is 2. The van der Waals surface area contributed by atoms with E-state index in [0.717, 1.165) is 0 Å². The average molecular weight is 234 g/mol. The van der Waals surface area contributed by atoms with Crippen molar-refractivity contribution in [2.75, 3.05) is 20.3 Å². The molecule has 0 saturated heterocycles. The van der Waals surface area contributed by atoms with E-state index in [1.165, 1.54) is 7.11 Å². The van der Waals surface area contributed by atoms with Crippen LogP contribution in [0.4, 0.5) is 4.79 Å². The highest BCUT2D eigenvalue weighted by Gasteiger charge is 2.15. The number of ether oxygens (including phenoxy) is 1. The van der Waals surface area contributed by atoms with Crippen molar-refractivity contribution in [1.29, 1.82) is 0 Å². The van der Waals surface area contributed by atoms with Gasteiger partial charge < -0.3 is 15.2 Å². The van der Waals surface area contributed by atoms with Gasteiger partial charge in [0.05, 0.1) is 12.6 Å². The van der Waals surface area contributed by atoms with E-state index < -0.39 is 18.6 Å². The van der Waals surface area contributed by atoms with Crippen molar-refractivity contribution in [1.82, 2.24) is 10.8 Å². The van der Waals surface area contributed by atoms with Gasteiger partial charge in [0.2, 0.25) is 0 Å². The van der Waals surface area contributed by atoms with Gasteiger partial charge in [-0.3, -0.25) is 4.84 Å². The number of carbonyl (C=O) groups excluding carboxylic acids is 1. The van der Waals surface area contributed by atoms with Crippen molar-refractivity contribution in [2.24, 2.45) is 5.92 Å². The minimum atomic E-state index is -1.15. The van der Waals surface area contributed by atoms with Crippen molar-refractivity contribution in [2.45, 2.75) is 19.9 Å².